The molecule has 0 aliphatic carbocycles. The number of rotatable bonds is 3. The summed E-state index contributed by atoms with van der Waals surface area (Å²) in [7, 11) is 0.123. The highest BCUT2D eigenvalue weighted by Crippen LogP contribution is 2.32. The van der Waals surface area contributed by atoms with E-state index in [1.807, 2.05) is 0 Å². The molecule has 122 valence electrons. The smallest absolute Gasteiger partial charge is 0.415 e. The molecule has 1 fully saturated rings. The molecule has 1 saturated heterocycles. The first-order chi connectivity index (χ1) is 10.9. The number of cyclic esters (lactones) is 1. The number of anilines is 1. The fourth-order valence-corrected chi connectivity index (χ4v) is 3.91. The van der Waals surface area contributed by atoms with Gasteiger partial charge in [0.2, 0.25) is 0 Å². The third kappa shape index (κ3) is 2.79. The molecule has 2 amide bonds. The number of halogens is 1. The van der Waals surface area contributed by atoms with Crippen molar-refractivity contribution in [3.63, 3.8) is 0 Å². The molecule has 2 atom stereocenters. The van der Waals surface area contributed by atoms with Gasteiger partial charge in [0, 0.05) is 19.4 Å². The van der Waals surface area contributed by atoms with Crippen molar-refractivity contribution >= 4 is 50.0 Å². The van der Waals surface area contributed by atoms with E-state index in [1.54, 1.807) is 6.07 Å². The van der Waals surface area contributed by atoms with Gasteiger partial charge in [-0.1, -0.05) is 0 Å². The van der Waals surface area contributed by atoms with E-state index in [0.29, 0.717) is 9.04 Å². The number of hydrogen-bond donors (Lipinski definition) is 1. The zero-order chi connectivity index (χ0) is 16.7. The lowest BCUT2D eigenvalue weighted by Crippen LogP contribution is -2.35. The first-order valence-corrected chi connectivity index (χ1v) is 8.91. The summed E-state index contributed by atoms with van der Waals surface area (Å²) in [6.45, 7) is -0.00514. The minimum Gasteiger partial charge on any atom is -0.434 e. The van der Waals surface area contributed by atoms with E-state index in [0.717, 1.165) is 17.4 Å². The number of thiazole rings is 1. The van der Waals surface area contributed by atoms with Gasteiger partial charge in [-0.25, -0.2) is 14.2 Å². The normalized spacial score (nSPS) is 19.0. The summed E-state index contributed by atoms with van der Waals surface area (Å²) in [5, 5.41) is 2.40. The quantitative estimate of drug-likeness (QED) is 0.893. The van der Waals surface area contributed by atoms with Gasteiger partial charge in [0.15, 0.2) is 16.3 Å². The summed E-state index contributed by atoms with van der Waals surface area (Å²) in [6, 6.07) is 2.72. The Labute approximate surface area is 136 Å². The van der Waals surface area contributed by atoms with Crippen LogP contribution in [-0.4, -0.2) is 47.1 Å². The first-order valence-electron chi connectivity index (χ1n) is 6.54. The molecule has 0 spiro atoms. The molecular weight excluding hydrogens is 345 g/mol. The van der Waals surface area contributed by atoms with Crippen LogP contribution in [0.1, 0.15) is 0 Å². The Balaban J connectivity index is 1.98. The molecule has 0 radical (unpaired) electrons. The Morgan fingerprint density at radius 2 is 2.30 bits per heavy atom. The summed E-state index contributed by atoms with van der Waals surface area (Å²) in [4.78, 5) is 28.7. The van der Waals surface area contributed by atoms with Gasteiger partial charge >= 0.3 is 6.09 Å². The van der Waals surface area contributed by atoms with Crippen LogP contribution in [0, 0.1) is 5.82 Å². The van der Waals surface area contributed by atoms with Crippen LogP contribution in [0.2, 0.25) is 0 Å². The van der Waals surface area contributed by atoms with Gasteiger partial charge < -0.3 is 10.1 Å². The highest BCUT2D eigenvalue weighted by Gasteiger charge is 2.37. The number of carbonyl (C=O) groups excluding carboxylic acids is 2. The lowest BCUT2D eigenvalue weighted by Gasteiger charge is -2.12. The van der Waals surface area contributed by atoms with Crippen LogP contribution < -0.4 is 10.2 Å². The molecule has 1 N–H and O–H groups in total. The molecule has 7 nitrogen and oxygen atoms in total. The molecule has 0 bridgehead atoms. The monoisotopic (exact) mass is 357 g/mol. The van der Waals surface area contributed by atoms with Gasteiger partial charge in [-0.15, -0.1) is 11.3 Å². The predicted octanol–water partition coefficient (Wildman–Crippen LogP) is 1.24. The van der Waals surface area contributed by atoms with Gasteiger partial charge in [0.05, 0.1) is 27.7 Å². The lowest BCUT2D eigenvalue weighted by atomic mass is 10.2. The van der Waals surface area contributed by atoms with E-state index >= 15 is 0 Å². The van der Waals surface area contributed by atoms with Crippen molar-refractivity contribution in [3.8, 4) is 0 Å². The van der Waals surface area contributed by atoms with Crippen molar-refractivity contribution in [2.45, 2.75) is 10.4 Å². The Hall–Kier alpha value is -2.07. The van der Waals surface area contributed by atoms with Gasteiger partial charge in [0.1, 0.15) is 5.52 Å². The van der Waals surface area contributed by atoms with Crippen LogP contribution >= 0.6 is 11.3 Å². The maximum absolute atomic E-state index is 14.2. The van der Waals surface area contributed by atoms with Crippen molar-refractivity contribution < 1.29 is 22.9 Å². The molecule has 1 unspecified atom stereocenters. The molecule has 2 aromatic rings. The molecule has 10 heteroatoms. The summed E-state index contributed by atoms with van der Waals surface area (Å²) < 4.78 is 31.4. The lowest BCUT2D eigenvalue weighted by molar-refractivity contribution is -0.127. The second-order valence-corrected chi connectivity index (χ2v) is 7.39. The van der Waals surface area contributed by atoms with E-state index in [9.17, 15) is 18.2 Å². The zero-order valence-corrected chi connectivity index (χ0v) is 13.8. The molecule has 1 aromatic heterocycles. The first kappa shape index (κ1) is 15.8. The van der Waals surface area contributed by atoms with Crippen molar-refractivity contribution in [1.29, 1.82) is 0 Å². The number of amides is 2. The van der Waals surface area contributed by atoms with E-state index in [1.165, 1.54) is 18.2 Å². The van der Waals surface area contributed by atoms with E-state index in [2.05, 4.69) is 10.3 Å². The van der Waals surface area contributed by atoms with Gasteiger partial charge in [-0.05, 0) is 6.07 Å². The molecule has 1 aliphatic rings. The second kappa shape index (κ2) is 5.85. The van der Waals surface area contributed by atoms with Crippen molar-refractivity contribution in [3.05, 3.63) is 17.9 Å². The standard InChI is InChI=1S/C13H12FN3O4S2/c1-15-11(18)8-5-17(13(19)21-8)6-3-7(14)10-9(4-6)22-12(16-10)23(2)20/h3-4,8H,5H2,1-2H3,(H,15,18)/t8-,23?/m1/s1. The molecule has 23 heavy (non-hydrogen) atoms. The largest absolute Gasteiger partial charge is 0.434 e. The van der Waals surface area contributed by atoms with E-state index in [4.69, 9.17) is 4.74 Å². The summed E-state index contributed by atoms with van der Waals surface area (Å²) in [6.07, 6.45) is -0.199. The van der Waals surface area contributed by atoms with Crippen molar-refractivity contribution in [2.24, 2.45) is 0 Å². The summed E-state index contributed by atoms with van der Waals surface area (Å²) in [5.74, 6) is -1.05. The third-order valence-electron chi connectivity index (χ3n) is 3.32. The Morgan fingerprint density at radius 3 is 2.96 bits per heavy atom. The number of likely N-dealkylation sites (N-methyl/N-ethyl adjacent to an activating group) is 1. The minimum absolute atomic E-state index is 0.00514. The average Bonchev–Trinajstić information content (AvgIpc) is 3.10. The fourth-order valence-electron chi connectivity index (χ4n) is 2.20. The van der Waals surface area contributed by atoms with Crippen LogP contribution in [0.5, 0.6) is 0 Å². The van der Waals surface area contributed by atoms with Crippen LogP contribution in [-0.2, 0) is 20.3 Å². The molecule has 1 aliphatic heterocycles. The number of hydrogen-bond acceptors (Lipinski definition) is 6. The molecule has 0 saturated carbocycles. The molecule has 3 rings (SSSR count). The second-order valence-electron chi connectivity index (χ2n) is 4.81. The Morgan fingerprint density at radius 1 is 1.57 bits per heavy atom. The molecule has 2 heterocycles. The van der Waals surface area contributed by atoms with Gasteiger partial charge in [-0.2, -0.15) is 0 Å². The topological polar surface area (TPSA) is 88.6 Å². The van der Waals surface area contributed by atoms with Crippen LogP contribution in [0.3, 0.4) is 0 Å². The number of fused-ring (bicyclic) bond motifs is 1. The highest BCUT2D eigenvalue weighted by atomic mass is 32.2. The SMILES string of the molecule is CNC(=O)[C@H]1CN(c2cc(F)c3nc(S(C)=O)sc3c2)C(=O)O1. The van der Waals surface area contributed by atoms with Gasteiger partial charge in [0.25, 0.3) is 5.91 Å². The van der Waals surface area contributed by atoms with Crippen LogP contribution in [0.25, 0.3) is 10.2 Å². The van der Waals surface area contributed by atoms with Gasteiger partial charge in [-0.3, -0.25) is 13.9 Å². The van der Waals surface area contributed by atoms with E-state index in [-0.39, 0.29) is 17.7 Å². The van der Waals surface area contributed by atoms with Crippen molar-refractivity contribution in [1.82, 2.24) is 10.3 Å². The number of nitrogens with zero attached hydrogens (tertiary/aromatic N) is 2. The number of nitrogens with one attached hydrogen (secondary N) is 1. The third-order valence-corrected chi connectivity index (χ3v) is 5.66. The fraction of sp³-hybridized carbons (Fsp3) is 0.308. The number of carbonyl (C=O) groups is 2. The number of aromatic nitrogens is 1. The average molecular weight is 357 g/mol. The molecular formula is C13H12FN3O4S2. The van der Waals surface area contributed by atoms with E-state index < -0.39 is 34.7 Å². The number of benzene rings is 1. The Kier molecular flexibility index (Phi) is 4.02. The predicted molar refractivity (Wildman–Crippen MR) is 83.6 cm³/mol. The van der Waals surface area contributed by atoms with Crippen LogP contribution in [0.15, 0.2) is 16.5 Å². The van der Waals surface area contributed by atoms with Crippen molar-refractivity contribution in [2.75, 3.05) is 24.7 Å². The number of ether oxygens (including phenoxy) is 1. The zero-order valence-electron chi connectivity index (χ0n) is 12.2. The maximum Gasteiger partial charge on any atom is 0.415 e. The van der Waals surface area contributed by atoms with Crippen LogP contribution in [0.4, 0.5) is 14.9 Å². The Bertz CT molecular complexity index is 838. The maximum atomic E-state index is 14.2. The minimum atomic E-state index is -1.32. The highest BCUT2D eigenvalue weighted by molar-refractivity contribution is 7.86. The summed E-state index contributed by atoms with van der Waals surface area (Å²) >= 11 is 1.10. The summed E-state index contributed by atoms with van der Waals surface area (Å²) in [5.41, 5.74) is 0.378. The molecule has 1 aromatic carbocycles.